The second-order valence-electron chi connectivity index (χ2n) is 2.57. The first kappa shape index (κ1) is 9.71. The van der Waals surface area contributed by atoms with Gasteiger partial charge in [0.25, 0.3) is 0 Å². The molecule has 0 radical (unpaired) electrons. The molecular formula is C10H15NO2. The summed E-state index contributed by atoms with van der Waals surface area (Å²) in [6, 6.07) is 5.77. The molecule has 0 aliphatic rings. The predicted molar refractivity (Wildman–Crippen MR) is 53.7 cm³/mol. The van der Waals surface area contributed by atoms with Crippen molar-refractivity contribution in [1.82, 2.24) is 0 Å². The van der Waals surface area contributed by atoms with Crippen LogP contribution in [0, 0.1) is 0 Å². The average molecular weight is 181 g/mol. The molecule has 1 aromatic carbocycles. The molecule has 0 amide bonds. The lowest BCUT2D eigenvalue weighted by molar-refractivity contribution is 0.356. The molecule has 0 aromatic heterocycles. The summed E-state index contributed by atoms with van der Waals surface area (Å²) < 4.78 is 10.4. The van der Waals surface area contributed by atoms with Crippen molar-refractivity contribution in [3.8, 4) is 11.5 Å². The van der Waals surface area contributed by atoms with E-state index in [1.165, 1.54) is 0 Å². The number of ether oxygens (including phenoxy) is 2. The average Bonchev–Trinajstić information content (AvgIpc) is 2.18. The highest BCUT2D eigenvalue weighted by molar-refractivity contribution is 5.63. The van der Waals surface area contributed by atoms with Crippen LogP contribution in [-0.4, -0.2) is 20.8 Å². The summed E-state index contributed by atoms with van der Waals surface area (Å²) in [6.07, 6.45) is 0. The van der Waals surface area contributed by atoms with E-state index in [-0.39, 0.29) is 0 Å². The second-order valence-corrected chi connectivity index (χ2v) is 2.57. The Kier molecular flexibility index (Phi) is 3.43. The highest BCUT2D eigenvalue weighted by Gasteiger charge is 2.07. The summed E-state index contributed by atoms with van der Waals surface area (Å²) in [4.78, 5) is 0. The molecule has 0 saturated heterocycles. The Morgan fingerprint density at radius 2 is 2.00 bits per heavy atom. The van der Waals surface area contributed by atoms with Crippen LogP contribution in [-0.2, 0) is 0 Å². The standard InChI is InChI=1S/C10H15NO2/c1-4-11-8-6-5-7-9(12-2)10(8)13-3/h5-7,11H,4H2,1-3H3. The van der Waals surface area contributed by atoms with Crippen LogP contribution >= 0.6 is 0 Å². The fraction of sp³-hybridized carbons (Fsp3) is 0.400. The minimum absolute atomic E-state index is 0.751. The van der Waals surface area contributed by atoms with Crippen LogP contribution < -0.4 is 14.8 Å². The van der Waals surface area contributed by atoms with Crippen LogP contribution in [0.5, 0.6) is 11.5 Å². The van der Waals surface area contributed by atoms with Crippen molar-refractivity contribution in [3.05, 3.63) is 18.2 Å². The molecule has 0 atom stereocenters. The number of nitrogens with one attached hydrogen (secondary N) is 1. The summed E-state index contributed by atoms with van der Waals surface area (Å²) >= 11 is 0. The van der Waals surface area contributed by atoms with Crippen molar-refractivity contribution >= 4 is 5.69 Å². The Morgan fingerprint density at radius 1 is 1.23 bits per heavy atom. The summed E-state index contributed by atoms with van der Waals surface area (Å²) in [5.41, 5.74) is 0.962. The van der Waals surface area contributed by atoms with E-state index in [0.29, 0.717) is 0 Å². The molecule has 0 aliphatic heterocycles. The van der Waals surface area contributed by atoms with E-state index in [1.54, 1.807) is 14.2 Å². The zero-order valence-electron chi connectivity index (χ0n) is 8.26. The lowest BCUT2D eigenvalue weighted by Gasteiger charge is -2.12. The largest absolute Gasteiger partial charge is 0.493 e. The first-order valence-corrected chi connectivity index (χ1v) is 4.28. The monoisotopic (exact) mass is 181 g/mol. The molecule has 0 heterocycles. The number of hydrogen-bond donors (Lipinski definition) is 1. The Balaban J connectivity index is 3.03. The van der Waals surface area contributed by atoms with E-state index in [2.05, 4.69) is 5.32 Å². The van der Waals surface area contributed by atoms with E-state index in [9.17, 15) is 0 Å². The van der Waals surface area contributed by atoms with Crippen LogP contribution in [0.25, 0.3) is 0 Å². The van der Waals surface area contributed by atoms with E-state index in [0.717, 1.165) is 23.7 Å². The van der Waals surface area contributed by atoms with Gasteiger partial charge < -0.3 is 14.8 Å². The first-order valence-electron chi connectivity index (χ1n) is 4.28. The highest BCUT2D eigenvalue weighted by Crippen LogP contribution is 2.34. The fourth-order valence-corrected chi connectivity index (χ4v) is 1.22. The molecule has 0 unspecified atom stereocenters. The maximum Gasteiger partial charge on any atom is 0.183 e. The Morgan fingerprint density at radius 3 is 2.54 bits per heavy atom. The summed E-state index contributed by atoms with van der Waals surface area (Å²) in [7, 11) is 3.27. The Bertz CT molecular complexity index is 274. The van der Waals surface area contributed by atoms with Crippen molar-refractivity contribution in [2.24, 2.45) is 0 Å². The van der Waals surface area contributed by atoms with Gasteiger partial charge in [0.15, 0.2) is 11.5 Å². The summed E-state index contributed by atoms with van der Waals surface area (Å²) in [5.74, 6) is 1.51. The minimum Gasteiger partial charge on any atom is -0.493 e. The molecule has 1 rings (SSSR count). The molecule has 0 aliphatic carbocycles. The summed E-state index contributed by atoms with van der Waals surface area (Å²) in [6.45, 7) is 2.91. The SMILES string of the molecule is CCNc1cccc(OC)c1OC. The number of anilines is 1. The third kappa shape index (κ3) is 2.05. The minimum atomic E-state index is 0.751. The maximum atomic E-state index is 5.23. The van der Waals surface area contributed by atoms with Gasteiger partial charge in [0.2, 0.25) is 0 Å². The van der Waals surface area contributed by atoms with Crippen LogP contribution in [0.3, 0.4) is 0 Å². The van der Waals surface area contributed by atoms with Gasteiger partial charge in [-0.1, -0.05) is 6.07 Å². The van der Waals surface area contributed by atoms with E-state index in [1.807, 2.05) is 25.1 Å². The zero-order chi connectivity index (χ0) is 9.68. The Hall–Kier alpha value is -1.38. The molecule has 72 valence electrons. The van der Waals surface area contributed by atoms with Crippen molar-refractivity contribution in [2.45, 2.75) is 6.92 Å². The third-order valence-electron chi connectivity index (χ3n) is 1.77. The molecule has 3 heteroatoms. The van der Waals surface area contributed by atoms with Crippen molar-refractivity contribution in [3.63, 3.8) is 0 Å². The van der Waals surface area contributed by atoms with Gasteiger partial charge in [-0.2, -0.15) is 0 Å². The van der Waals surface area contributed by atoms with Crippen LogP contribution in [0.15, 0.2) is 18.2 Å². The lowest BCUT2D eigenvalue weighted by atomic mass is 10.2. The number of benzene rings is 1. The molecule has 1 aromatic rings. The third-order valence-corrected chi connectivity index (χ3v) is 1.77. The normalized spacial score (nSPS) is 9.46. The number of rotatable bonds is 4. The van der Waals surface area contributed by atoms with E-state index in [4.69, 9.17) is 9.47 Å². The fourth-order valence-electron chi connectivity index (χ4n) is 1.22. The van der Waals surface area contributed by atoms with E-state index < -0.39 is 0 Å². The number of para-hydroxylation sites is 1. The van der Waals surface area contributed by atoms with Crippen LogP contribution in [0.1, 0.15) is 6.92 Å². The van der Waals surface area contributed by atoms with Gasteiger partial charge >= 0.3 is 0 Å². The van der Waals surface area contributed by atoms with Crippen molar-refractivity contribution < 1.29 is 9.47 Å². The van der Waals surface area contributed by atoms with Crippen molar-refractivity contribution in [1.29, 1.82) is 0 Å². The van der Waals surface area contributed by atoms with Gasteiger partial charge in [0, 0.05) is 6.54 Å². The topological polar surface area (TPSA) is 30.5 Å². The first-order chi connectivity index (χ1) is 6.33. The maximum absolute atomic E-state index is 5.23. The second kappa shape index (κ2) is 4.60. The molecule has 1 N–H and O–H groups in total. The molecule has 0 saturated carbocycles. The van der Waals surface area contributed by atoms with E-state index >= 15 is 0 Å². The smallest absolute Gasteiger partial charge is 0.183 e. The number of hydrogen-bond acceptors (Lipinski definition) is 3. The van der Waals surface area contributed by atoms with Gasteiger partial charge in [0.1, 0.15) is 0 Å². The van der Waals surface area contributed by atoms with Crippen LogP contribution in [0.4, 0.5) is 5.69 Å². The molecule has 13 heavy (non-hydrogen) atoms. The Labute approximate surface area is 78.7 Å². The van der Waals surface area contributed by atoms with Gasteiger partial charge in [0.05, 0.1) is 19.9 Å². The zero-order valence-corrected chi connectivity index (χ0v) is 8.26. The van der Waals surface area contributed by atoms with Crippen LogP contribution in [0.2, 0.25) is 0 Å². The molecular weight excluding hydrogens is 166 g/mol. The quantitative estimate of drug-likeness (QED) is 0.771. The predicted octanol–water partition coefficient (Wildman–Crippen LogP) is 2.14. The van der Waals surface area contributed by atoms with Gasteiger partial charge in [-0.3, -0.25) is 0 Å². The number of methoxy groups -OCH3 is 2. The molecule has 0 spiro atoms. The van der Waals surface area contributed by atoms with Gasteiger partial charge in [-0.25, -0.2) is 0 Å². The summed E-state index contributed by atoms with van der Waals surface area (Å²) in [5, 5.41) is 3.20. The lowest BCUT2D eigenvalue weighted by Crippen LogP contribution is -2.00. The molecule has 0 bridgehead atoms. The highest BCUT2D eigenvalue weighted by atomic mass is 16.5. The van der Waals surface area contributed by atoms with Gasteiger partial charge in [-0.15, -0.1) is 0 Å². The van der Waals surface area contributed by atoms with Crippen molar-refractivity contribution in [2.75, 3.05) is 26.1 Å². The molecule has 3 nitrogen and oxygen atoms in total. The van der Waals surface area contributed by atoms with Gasteiger partial charge in [-0.05, 0) is 19.1 Å². The molecule has 0 fully saturated rings.